The number of hydrogen-bond acceptors (Lipinski definition) is 7. The molecule has 1 aliphatic rings. The second-order valence-corrected chi connectivity index (χ2v) is 8.68. The number of anilines is 3. The largest absolute Gasteiger partial charge is 0.463 e. The minimum absolute atomic E-state index is 0.0709. The molecule has 1 aromatic heterocycles. The lowest BCUT2D eigenvalue weighted by Gasteiger charge is -2.24. The predicted molar refractivity (Wildman–Crippen MR) is 141 cm³/mol. The van der Waals surface area contributed by atoms with Gasteiger partial charge in [0.15, 0.2) is 0 Å². The molecule has 7 nitrogen and oxygen atoms in total. The molecule has 0 bridgehead atoms. The zero-order valence-corrected chi connectivity index (χ0v) is 20.3. The lowest BCUT2D eigenvalue weighted by Crippen LogP contribution is -2.35. The quantitative estimate of drug-likeness (QED) is 0.277. The maximum Gasteiger partial charge on any atom is 0.293 e. The lowest BCUT2D eigenvalue weighted by atomic mass is 10.1. The SMILES string of the molecule is Fc1ccc(Nc2ncnc3ccc(NC4CCNCC4)cc23)cc1Cl.O=COCc1ccccc1. The summed E-state index contributed by atoms with van der Waals surface area (Å²) in [5.41, 5.74) is 3.56. The Balaban J connectivity index is 0.000000256. The Kier molecular flexibility index (Phi) is 9.02. The van der Waals surface area contributed by atoms with Crippen molar-refractivity contribution in [2.75, 3.05) is 23.7 Å². The number of nitrogens with zero attached hydrogens (tertiary/aromatic N) is 2. The maximum atomic E-state index is 13.4. The van der Waals surface area contributed by atoms with Gasteiger partial charge in [0, 0.05) is 22.8 Å². The van der Waals surface area contributed by atoms with Gasteiger partial charge in [-0.1, -0.05) is 41.9 Å². The summed E-state index contributed by atoms with van der Waals surface area (Å²) in [5, 5.41) is 11.1. The highest BCUT2D eigenvalue weighted by Crippen LogP contribution is 2.28. The molecular weight excluding hydrogens is 481 g/mol. The number of nitrogens with one attached hydrogen (secondary N) is 3. The molecule has 3 N–H and O–H groups in total. The van der Waals surface area contributed by atoms with Crippen LogP contribution in [0.1, 0.15) is 18.4 Å². The first-order valence-corrected chi connectivity index (χ1v) is 12.0. The second-order valence-electron chi connectivity index (χ2n) is 8.27. The van der Waals surface area contributed by atoms with E-state index in [9.17, 15) is 9.18 Å². The number of fused-ring (bicyclic) bond motifs is 1. The van der Waals surface area contributed by atoms with Gasteiger partial charge in [-0.15, -0.1) is 0 Å². The number of ether oxygens (including phenoxy) is 1. The van der Waals surface area contributed by atoms with Gasteiger partial charge < -0.3 is 20.7 Å². The van der Waals surface area contributed by atoms with Crippen LogP contribution in [0, 0.1) is 5.82 Å². The first-order chi connectivity index (χ1) is 17.6. The third-order valence-electron chi connectivity index (χ3n) is 5.69. The van der Waals surface area contributed by atoms with E-state index in [0.29, 0.717) is 30.6 Å². The van der Waals surface area contributed by atoms with Crippen LogP contribution >= 0.6 is 11.6 Å². The number of carbonyl (C=O) groups is 1. The van der Waals surface area contributed by atoms with Crippen LogP contribution in [0.25, 0.3) is 10.9 Å². The maximum absolute atomic E-state index is 13.4. The number of piperidine rings is 1. The molecule has 186 valence electrons. The second kappa shape index (κ2) is 12.8. The fourth-order valence-corrected chi connectivity index (χ4v) is 4.04. The van der Waals surface area contributed by atoms with Gasteiger partial charge in [-0.3, -0.25) is 4.79 Å². The van der Waals surface area contributed by atoms with Crippen LogP contribution in [0.5, 0.6) is 0 Å². The van der Waals surface area contributed by atoms with E-state index >= 15 is 0 Å². The highest BCUT2D eigenvalue weighted by Gasteiger charge is 2.13. The molecule has 0 spiro atoms. The van der Waals surface area contributed by atoms with Crippen molar-refractivity contribution < 1.29 is 13.9 Å². The van der Waals surface area contributed by atoms with Gasteiger partial charge in [0.05, 0.1) is 10.5 Å². The van der Waals surface area contributed by atoms with Crippen LogP contribution in [-0.2, 0) is 16.1 Å². The highest BCUT2D eigenvalue weighted by molar-refractivity contribution is 6.31. The fourth-order valence-electron chi connectivity index (χ4n) is 3.86. The van der Waals surface area contributed by atoms with Crippen molar-refractivity contribution in [2.45, 2.75) is 25.5 Å². The lowest BCUT2D eigenvalue weighted by molar-refractivity contribution is -0.129. The minimum Gasteiger partial charge on any atom is -0.463 e. The number of hydrogen-bond donors (Lipinski definition) is 3. The zero-order valence-electron chi connectivity index (χ0n) is 19.6. The average Bonchev–Trinajstić information content (AvgIpc) is 2.91. The molecule has 36 heavy (non-hydrogen) atoms. The van der Waals surface area contributed by atoms with Gasteiger partial charge >= 0.3 is 0 Å². The molecule has 1 aliphatic heterocycles. The topological polar surface area (TPSA) is 88.2 Å². The molecule has 3 aromatic carbocycles. The molecule has 0 aliphatic carbocycles. The summed E-state index contributed by atoms with van der Waals surface area (Å²) in [7, 11) is 0. The third-order valence-corrected chi connectivity index (χ3v) is 5.98. The van der Waals surface area contributed by atoms with E-state index in [0.717, 1.165) is 48.1 Å². The molecular formula is C27H27ClFN5O2. The van der Waals surface area contributed by atoms with Crippen LogP contribution in [0.2, 0.25) is 5.02 Å². The molecule has 0 amide bonds. The monoisotopic (exact) mass is 507 g/mol. The smallest absolute Gasteiger partial charge is 0.293 e. The predicted octanol–water partition coefficient (Wildman–Crippen LogP) is 5.69. The molecule has 1 saturated heterocycles. The summed E-state index contributed by atoms with van der Waals surface area (Å²) in [6.07, 6.45) is 3.71. The molecule has 0 unspecified atom stereocenters. The van der Waals surface area contributed by atoms with Crippen molar-refractivity contribution in [3.8, 4) is 0 Å². The molecule has 0 atom stereocenters. The normalized spacial score (nSPS) is 13.4. The van der Waals surface area contributed by atoms with E-state index in [1.165, 1.54) is 12.4 Å². The molecule has 0 radical (unpaired) electrons. The van der Waals surface area contributed by atoms with Crippen molar-refractivity contribution in [3.63, 3.8) is 0 Å². The summed E-state index contributed by atoms with van der Waals surface area (Å²) >= 11 is 5.87. The number of rotatable bonds is 7. The molecule has 9 heteroatoms. The number of halogens is 2. The number of benzene rings is 3. The van der Waals surface area contributed by atoms with Gasteiger partial charge in [0.2, 0.25) is 0 Å². The van der Waals surface area contributed by atoms with E-state index in [1.54, 1.807) is 12.1 Å². The Morgan fingerprint density at radius 1 is 1.03 bits per heavy atom. The first-order valence-electron chi connectivity index (χ1n) is 11.7. The van der Waals surface area contributed by atoms with Crippen LogP contribution in [0.4, 0.5) is 21.6 Å². The minimum atomic E-state index is -0.446. The summed E-state index contributed by atoms with van der Waals surface area (Å²) in [4.78, 5) is 18.4. The van der Waals surface area contributed by atoms with Crippen LogP contribution in [0.3, 0.4) is 0 Å². The fraction of sp³-hybridized carbons (Fsp3) is 0.222. The summed E-state index contributed by atoms with van der Waals surface area (Å²) in [6.45, 7) is 2.89. The molecule has 4 aromatic rings. The zero-order chi connectivity index (χ0) is 25.2. The summed E-state index contributed by atoms with van der Waals surface area (Å²) in [5.74, 6) is 0.213. The number of aromatic nitrogens is 2. The van der Waals surface area contributed by atoms with Crippen LogP contribution < -0.4 is 16.0 Å². The van der Waals surface area contributed by atoms with Gasteiger partial charge in [0.25, 0.3) is 6.47 Å². The third kappa shape index (κ3) is 7.13. The van der Waals surface area contributed by atoms with Gasteiger partial charge in [-0.05, 0) is 67.9 Å². The van der Waals surface area contributed by atoms with E-state index in [2.05, 4.69) is 30.7 Å². The van der Waals surface area contributed by atoms with Crippen molar-refractivity contribution >= 4 is 46.2 Å². The highest BCUT2D eigenvalue weighted by atomic mass is 35.5. The van der Waals surface area contributed by atoms with E-state index in [1.807, 2.05) is 48.5 Å². The molecule has 5 rings (SSSR count). The van der Waals surface area contributed by atoms with Crippen LogP contribution in [-0.4, -0.2) is 35.6 Å². The Bertz CT molecular complexity index is 1290. The van der Waals surface area contributed by atoms with Gasteiger partial charge in [-0.2, -0.15) is 0 Å². The standard InChI is InChI=1S/C19H19ClFN5.C8H8O2/c20-16-10-14(1-3-17(16)21)26-19-15-9-13(2-4-18(15)23-11-24-19)25-12-5-7-22-8-6-12;9-7-10-6-8-4-2-1-3-5-8/h1-4,9-12,22,25H,5-8H2,(H,23,24,26);1-5,7H,6H2. The Labute approximate surface area is 214 Å². The van der Waals surface area contributed by atoms with Crippen molar-refractivity contribution in [2.24, 2.45) is 0 Å². The molecule has 1 fully saturated rings. The molecule has 0 saturated carbocycles. The van der Waals surface area contributed by atoms with Crippen molar-refractivity contribution in [1.82, 2.24) is 15.3 Å². The van der Waals surface area contributed by atoms with E-state index in [4.69, 9.17) is 11.6 Å². The van der Waals surface area contributed by atoms with Gasteiger partial charge in [-0.25, -0.2) is 14.4 Å². The van der Waals surface area contributed by atoms with E-state index in [-0.39, 0.29) is 5.02 Å². The summed E-state index contributed by atoms with van der Waals surface area (Å²) in [6, 6.07) is 20.6. The number of carbonyl (C=O) groups excluding carboxylic acids is 1. The first kappa shape index (κ1) is 25.3. The Hall–Kier alpha value is -3.75. The van der Waals surface area contributed by atoms with Gasteiger partial charge in [0.1, 0.15) is 24.6 Å². The van der Waals surface area contributed by atoms with Crippen molar-refractivity contribution in [3.05, 3.63) is 89.5 Å². The average molecular weight is 508 g/mol. The van der Waals surface area contributed by atoms with Crippen LogP contribution in [0.15, 0.2) is 73.1 Å². The summed E-state index contributed by atoms with van der Waals surface area (Å²) < 4.78 is 17.9. The van der Waals surface area contributed by atoms with Crippen molar-refractivity contribution in [1.29, 1.82) is 0 Å². The Morgan fingerprint density at radius 2 is 1.81 bits per heavy atom. The Morgan fingerprint density at radius 3 is 2.56 bits per heavy atom. The van der Waals surface area contributed by atoms with E-state index < -0.39 is 5.82 Å². The molecule has 2 heterocycles.